The third kappa shape index (κ3) is 3.32. The van der Waals surface area contributed by atoms with E-state index in [0.29, 0.717) is 24.3 Å². The predicted octanol–water partition coefficient (Wildman–Crippen LogP) is 2.23. The van der Waals surface area contributed by atoms with Crippen LogP contribution >= 0.6 is 0 Å². The van der Waals surface area contributed by atoms with Gasteiger partial charge in [-0.3, -0.25) is 4.68 Å². The van der Waals surface area contributed by atoms with Crippen LogP contribution in [-0.4, -0.2) is 21.5 Å². The standard InChI is InChI=1S/C14H17FN2O2/c1-10(18)13-9-11(15)3-4-14(13)19-8-6-12-5-7-16-17(12)2/h3-5,7,9-10,18H,6,8H2,1-2H3/t10-/m0/s1. The number of rotatable bonds is 5. The first-order valence-corrected chi connectivity index (χ1v) is 6.15. The third-order valence-corrected chi connectivity index (χ3v) is 2.96. The second kappa shape index (κ2) is 5.84. The Morgan fingerprint density at radius 3 is 2.84 bits per heavy atom. The first-order valence-electron chi connectivity index (χ1n) is 6.15. The smallest absolute Gasteiger partial charge is 0.125 e. The molecule has 0 aliphatic heterocycles. The number of hydrogen-bond donors (Lipinski definition) is 1. The van der Waals surface area contributed by atoms with E-state index in [2.05, 4.69) is 5.10 Å². The van der Waals surface area contributed by atoms with E-state index in [0.717, 1.165) is 5.69 Å². The average Bonchev–Trinajstić information content (AvgIpc) is 2.77. The van der Waals surface area contributed by atoms with Gasteiger partial charge < -0.3 is 9.84 Å². The molecule has 1 heterocycles. The van der Waals surface area contributed by atoms with Crippen molar-refractivity contribution in [3.63, 3.8) is 0 Å². The first kappa shape index (κ1) is 13.5. The van der Waals surface area contributed by atoms with Crippen molar-refractivity contribution < 1.29 is 14.2 Å². The highest BCUT2D eigenvalue weighted by Crippen LogP contribution is 2.26. The highest BCUT2D eigenvalue weighted by molar-refractivity contribution is 5.35. The lowest BCUT2D eigenvalue weighted by atomic mass is 10.1. The molecule has 0 amide bonds. The van der Waals surface area contributed by atoms with E-state index >= 15 is 0 Å². The molecule has 1 N–H and O–H groups in total. The summed E-state index contributed by atoms with van der Waals surface area (Å²) in [5, 5.41) is 13.7. The molecule has 5 heteroatoms. The van der Waals surface area contributed by atoms with Gasteiger partial charge in [-0.2, -0.15) is 5.10 Å². The summed E-state index contributed by atoms with van der Waals surface area (Å²) in [6, 6.07) is 6.08. The number of aromatic nitrogens is 2. The van der Waals surface area contributed by atoms with Crippen LogP contribution in [0.2, 0.25) is 0 Å². The molecule has 0 bridgehead atoms. The second-order valence-electron chi connectivity index (χ2n) is 4.40. The number of ether oxygens (including phenoxy) is 1. The van der Waals surface area contributed by atoms with E-state index in [-0.39, 0.29) is 5.82 Å². The van der Waals surface area contributed by atoms with E-state index in [1.807, 2.05) is 13.1 Å². The van der Waals surface area contributed by atoms with E-state index in [9.17, 15) is 9.50 Å². The predicted molar refractivity (Wildman–Crippen MR) is 69.4 cm³/mol. The SMILES string of the molecule is C[C@H](O)c1cc(F)ccc1OCCc1ccnn1C. The number of nitrogens with zero attached hydrogens (tertiary/aromatic N) is 2. The van der Waals surface area contributed by atoms with Crippen molar-refractivity contribution in [1.29, 1.82) is 0 Å². The summed E-state index contributed by atoms with van der Waals surface area (Å²) in [6.45, 7) is 2.04. The Morgan fingerprint density at radius 2 is 2.21 bits per heavy atom. The van der Waals surface area contributed by atoms with Gasteiger partial charge in [0.2, 0.25) is 0 Å². The Bertz CT molecular complexity index is 552. The Morgan fingerprint density at radius 1 is 1.42 bits per heavy atom. The Balaban J connectivity index is 2.01. The average molecular weight is 264 g/mol. The molecule has 0 saturated heterocycles. The second-order valence-corrected chi connectivity index (χ2v) is 4.40. The van der Waals surface area contributed by atoms with Crippen LogP contribution in [-0.2, 0) is 13.5 Å². The Hall–Kier alpha value is -1.88. The molecule has 0 fully saturated rings. The fourth-order valence-corrected chi connectivity index (χ4v) is 1.89. The van der Waals surface area contributed by atoms with Crippen LogP contribution in [0.5, 0.6) is 5.75 Å². The van der Waals surface area contributed by atoms with Crippen LogP contribution in [0.4, 0.5) is 4.39 Å². The zero-order valence-corrected chi connectivity index (χ0v) is 11.0. The summed E-state index contributed by atoms with van der Waals surface area (Å²) in [5.74, 6) is 0.133. The van der Waals surface area contributed by atoms with Crippen molar-refractivity contribution in [2.75, 3.05) is 6.61 Å². The van der Waals surface area contributed by atoms with E-state index in [4.69, 9.17) is 4.74 Å². The zero-order chi connectivity index (χ0) is 13.8. The van der Waals surface area contributed by atoms with Crippen molar-refractivity contribution in [3.05, 3.63) is 47.5 Å². The molecule has 4 nitrogen and oxygen atoms in total. The third-order valence-electron chi connectivity index (χ3n) is 2.96. The van der Waals surface area contributed by atoms with E-state index < -0.39 is 6.10 Å². The summed E-state index contributed by atoms with van der Waals surface area (Å²) in [6.07, 6.45) is 1.67. The van der Waals surface area contributed by atoms with Crippen LogP contribution in [0.3, 0.4) is 0 Å². The fourth-order valence-electron chi connectivity index (χ4n) is 1.89. The van der Waals surface area contributed by atoms with Gasteiger partial charge in [0.15, 0.2) is 0 Å². The molecular formula is C14H17FN2O2. The van der Waals surface area contributed by atoms with Crippen LogP contribution in [0.25, 0.3) is 0 Å². The maximum Gasteiger partial charge on any atom is 0.125 e. The number of benzene rings is 1. The Labute approximate surface area is 111 Å². The first-order chi connectivity index (χ1) is 9.08. The van der Waals surface area contributed by atoms with Gasteiger partial charge in [-0.1, -0.05) is 0 Å². The van der Waals surface area contributed by atoms with Crippen molar-refractivity contribution in [2.24, 2.45) is 7.05 Å². The number of aliphatic hydroxyl groups excluding tert-OH is 1. The van der Waals surface area contributed by atoms with Crippen LogP contribution < -0.4 is 4.74 Å². The van der Waals surface area contributed by atoms with Crippen molar-refractivity contribution in [2.45, 2.75) is 19.4 Å². The van der Waals surface area contributed by atoms with Crippen LogP contribution in [0, 0.1) is 5.82 Å². The number of aryl methyl sites for hydroxylation is 1. The summed E-state index contributed by atoms with van der Waals surface area (Å²) in [7, 11) is 1.87. The topological polar surface area (TPSA) is 47.3 Å². The molecule has 0 saturated carbocycles. The van der Waals surface area contributed by atoms with Gasteiger partial charge in [-0.05, 0) is 31.2 Å². The largest absolute Gasteiger partial charge is 0.493 e. The molecule has 0 aliphatic rings. The van der Waals surface area contributed by atoms with Crippen molar-refractivity contribution >= 4 is 0 Å². The molecule has 0 unspecified atom stereocenters. The minimum atomic E-state index is -0.762. The normalized spacial score (nSPS) is 12.4. The number of aliphatic hydroxyl groups is 1. The molecule has 0 spiro atoms. The van der Waals surface area contributed by atoms with Crippen molar-refractivity contribution in [3.8, 4) is 5.75 Å². The summed E-state index contributed by atoms with van der Waals surface area (Å²) in [5.41, 5.74) is 1.52. The molecule has 2 rings (SSSR count). The fraction of sp³-hybridized carbons (Fsp3) is 0.357. The highest BCUT2D eigenvalue weighted by Gasteiger charge is 2.10. The summed E-state index contributed by atoms with van der Waals surface area (Å²) < 4.78 is 20.5. The Kier molecular flexibility index (Phi) is 4.16. The van der Waals surface area contributed by atoms with Crippen LogP contribution in [0.1, 0.15) is 24.3 Å². The molecule has 2 aromatic rings. The van der Waals surface area contributed by atoms with E-state index in [1.165, 1.54) is 12.1 Å². The van der Waals surface area contributed by atoms with Gasteiger partial charge in [-0.15, -0.1) is 0 Å². The molecule has 1 aromatic carbocycles. The lowest BCUT2D eigenvalue weighted by molar-refractivity contribution is 0.190. The minimum Gasteiger partial charge on any atom is -0.493 e. The number of halogens is 1. The van der Waals surface area contributed by atoms with Gasteiger partial charge >= 0.3 is 0 Å². The molecule has 19 heavy (non-hydrogen) atoms. The molecular weight excluding hydrogens is 247 g/mol. The molecule has 0 aliphatic carbocycles. The highest BCUT2D eigenvalue weighted by atomic mass is 19.1. The summed E-state index contributed by atoms with van der Waals surface area (Å²) >= 11 is 0. The summed E-state index contributed by atoms with van der Waals surface area (Å²) in [4.78, 5) is 0. The molecule has 0 radical (unpaired) electrons. The monoisotopic (exact) mass is 264 g/mol. The lowest BCUT2D eigenvalue weighted by Gasteiger charge is -2.13. The van der Waals surface area contributed by atoms with E-state index in [1.54, 1.807) is 23.9 Å². The number of hydrogen-bond acceptors (Lipinski definition) is 3. The lowest BCUT2D eigenvalue weighted by Crippen LogP contribution is -2.08. The maximum absolute atomic E-state index is 13.1. The molecule has 102 valence electrons. The van der Waals surface area contributed by atoms with Gasteiger partial charge in [0.05, 0.1) is 12.7 Å². The quantitative estimate of drug-likeness (QED) is 0.901. The van der Waals surface area contributed by atoms with Crippen LogP contribution in [0.15, 0.2) is 30.5 Å². The zero-order valence-electron chi connectivity index (χ0n) is 11.0. The van der Waals surface area contributed by atoms with Gasteiger partial charge in [0.1, 0.15) is 11.6 Å². The minimum absolute atomic E-state index is 0.380. The van der Waals surface area contributed by atoms with Gasteiger partial charge in [0, 0.05) is 30.9 Å². The molecule has 1 aromatic heterocycles. The van der Waals surface area contributed by atoms with Gasteiger partial charge in [-0.25, -0.2) is 4.39 Å². The maximum atomic E-state index is 13.1. The van der Waals surface area contributed by atoms with Gasteiger partial charge in [0.25, 0.3) is 0 Å². The van der Waals surface area contributed by atoms with Crippen molar-refractivity contribution in [1.82, 2.24) is 9.78 Å². The molecule has 1 atom stereocenters.